The van der Waals surface area contributed by atoms with Gasteiger partial charge in [0.25, 0.3) is 0 Å². The molecule has 0 aromatic carbocycles. The molecular weight excluding hydrogens is 671 g/mol. The van der Waals surface area contributed by atoms with Gasteiger partial charge in [-0.15, -0.1) is 0 Å². The topological polar surface area (TPSA) is 116 Å². The number of allylic oxidation sites excluding steroid dienone is 2. The lowest BCUT2D eigenvalue weighted by molar-refractivity contribution is -0.130. The number of fused-ring (bicyclic) bond motifs is 5. The highest BCUT2D eigenvalue weighted by molar-refractivity contribution is 5.75. The molecule has 0 heterocycles. The molecule has 4 rings (SSSR count). The molecular formula is C46H81N5O3. The van der Waals surface area contributed by atoms with Gasteiger partial charge in [-0.1, -0.05) is 103 Å². The van der Waals surface area contributed by atoms with Gasteiger partial charge in [-0.3, -0.25) is 4.79 Å². The summed E-state index contributed by atoms with van der Waals surface area (Å²) in [6.07, 6.45) is 36.2. The van der Waals surface area contributed by atoms with E-state index in [4.69, 9.17) is 10.3 Å². The fraction of sp³-hybridized carbons (Fsp3) is 0.913. The highest BCUT2D eigenvalue weighted by atomic mass is 16.6. The Morgan fingerprint density at radius 3 is 2.17 bits per heavy atom. The van der Waals surface area contributed by atoms with E-state index in [1.54, 1.807) is 0 Å². The van der Waals surface area contributed by atoms with Gasteiger partial charge < -0.3 is 15.4 Å². The summed E-state index contributed by atoms with van der Waals surface area (Å²) in [5, 5.41) is 9.61. The van der Waals surface area contributed by atoms with Gasteiger partial charge in [-0.2, -0.15) is 0 Å². The van der Waals surface area contributed by atoms with Crippen molar-refractivity contribution in [2.75, 3.05) is 19.6 Å². The molecule has 4 aliphatic rings. The van der Waals surface area contributed by atoms with E-state index < -0.39 is 0 Å². The average Bonchev–Trinajstić information content (AvgIpc) is 3.52. The van der Waals surface area contributed by atoms with Crippen molar-refractivity contribution in [3.8, 4) is 0 Å². The van der Waals surface area contributed by atoms with Crippen LogP contribution in [0.4, 0.5) is 4.79 Å². The van der Waals surface area contributed by atoms with Crippen LogP contribution in [0, 0.1) is 46.3 Å². The molecule has 0 saturated heterocycles. The average molecular weight is 752 g/mol. The maximum atomic E-state index is 12.8. The van der Waals surface area contributed by atoms with Crippen molar-refractivity contribution >= 4 is 12.0 Å². The van der Waals surface area contributed by atoms with Crippen LogP contribution in [-0.4, -0.2) is 37.7 Å². The summed E-state index contributed by atoms with van der Waals surface area (Å²) >= 11 is 0. The molecule has 2 N–H and O–H groups in total. The van der Waals surface area contributed by atoms with Crippen molar-refractivity contribution in [3.63, 3.8) is 0 Å². The van der Waals surface area contributed by atoms with E-state index >= 15 is 0 Å². The van der Waals surface area contributed by atoms with E-state index in [1.165, 1.54) is 122 Å². The number of carbonyl (C=O) groups is 2. The summed E-state index contributed by atoms with van der Waals surface area (Å²) in [6.45, 7) is 11.6. The summed E-state index contributed by atoms with van der Waals surface area (Å²) in [4.78, 5) is 28.0. The number of rotatable bonds is 25. The molecule has 0 bridgehead atoms. The van der Waals surface area contributed by atoms with Crippen molar-refractivity contribution in [3.05, 3.63) is 22.6 Å². The number of carbonyl (C=O) groups excluding carboxylic acids is 2. The number of nitrogens with zero attached hydrogens (tertiary/aromatic N) is 3. The molecule has 0 radical (unpaired) electrons. The van der Waals surface area contributed by atoms with Crippen LogP contribution in [0.2, 0.25) is 0 Å². The Balaban J connectivity index is 1.07. The fourth-order valence-corrected chi connectivity index (χ4v) is 12.1. The van der Waals surface area contributed by atoms with Crippen molar-refractivity contribution in [2.24, 2.45) is 51.5 Å². The normalized spacial score (nSPS) is 30.8. The standard InChI is InChI=1S/C46H81N5O3/c1-5-6-7-8-9-10-11-12-13-14-15-16-17-18-19-20-32-48-43(52)27-22-36(2)40-25-26-41-39-24-23-37-35-38(54-44(53)49-33-21-34-50-51-47)28-30-45(37,3)42(39)29-31-46(40,41)4/h12-13,36-42H,5-11,14-35H2,1-4H3,(H,48,52)(H,49,53)/t36-,37?,38-,39?,40-,41?,42?,45+,46-/m1/s1. The van der Waals surface area contributed by atoms with E-state index in [2.05, 4.69) is 60.5 Å². The number of unbranched alkanes of at least 4 members (excludes halogenated alkanes) is 12. The van der Waals surface area contributed by atoms with Crippen LogP contribution >= 0.6 is 0 Å². The summed E-state index contributed by atoms with van der Waals surface area (Å²) in [6, 6.07) is 0. The minimum atomic E-state index is -0.330. The summed E-state index contributed by atoms with van der Waals surface area (Å²) < 4.78 is 5.88. The van der Waals surface area contributed by atoms with Crippen LogP contribution in [-0.2, 0) is 9.53 Å². The van der Waals surface area contributed by atoms with Crippen molar-refractivity contribution in [1.82, 2.24) is 10.6 Å². The van der Waals surface area contributed by atoms with Crippen LogP contribution in [0.3, 0.4) is 0 Å². The van der Waals surface area contributed by atoms with Crippen molar-refractivity contribution in [2.45, 2.75) is 201 Å². The molecule has 4 unspecified atom stereocenters. The van der Waals surface area contributed by atoms with E-state index in [9.17, 15) is 9.59 Å². The third kappa shape index (κ3) is 13.2. The fourth-order valence-electron chi connectivity index (χ4n) is 12.1. The maximum Gasteiger partial charge on any atom is 0.407 e. The van der Waals surface area contributed by atoms with Gasteiger partial charge in [-0.25, -0.2) is 4.79 Å². The highest BCUT2D eigenvalue weighted by Crippen LogP contribution is 2.68. The molecule has 54 heavy (non-hydrogen) atoms. The Bertz CT molecular complexity index is 1190. The Kier molecular flexibility index (Phi) is 19.6. The smallest absolute Gasteiger partial charge is 0.407 e. The zero-order valence-corrected chi connectivity index (χ0v) is 35.3. The second-order valence-electron chi connectivity index (χ2n) is 18.7. The van der Waals surface area contributed by atoms with Crippen LogP contribution in [0.1, 0.15) is 195 Å². The van der Waals surface area contributed by atoms with Crippen molar-refractivity contribution in [1.29, 1.82) is 0 Å². The lowest BCUT2D eigenvalue weighted by Gasteiger charge is -2.61. The maximum absolute atomic E-state index is 12.8. The van der Waals surface area contributed by atoms with Crippen molar-refractivity contribution < 1.29 is 14.3 Å². The van der Waals surface area contributed by atoms with Gasteiger partial charge in [0.1, 0.15) is 6.10 Å². The lowest BCUT2D eigenvalue weighted by atomic mass is 9.44. The molecule has 4 saturated carbocycles. The van der Waals surface area contributed by atoms with Gasteiger partial charge in [0.15, 0.2) is 0 Å². The van der Waals surface area contributed by atoms with Gasteiger partial charge in [-0.05, 0) is 155 Å². The molecule has 4 aliphatic carbocycles. The monoisotopic (exact) mass is 752 g/mol. The Morgan fingerprint density at radius 1 is 0.796 bits per heavy atom. The van der Waals surface area contributed by atoms with Gasteiger partial charge in [0, 0.05) is 31.0 Å². The summed E-state index contributed by atoms with van der Waals surface area (Å²) in [7, 11) is 0. The zero-order valence-electron chi connectivity index (χ0n) is 35.3. The Labute approximate surface area is 330 Å². The molecule has 0 aromatic heterocycles. The van der Waals surface area contributed by atoms with E-state index in [1.807, 2.05) is 0 Å². The van der Waals surface area contributed by atoms with Gasteiger partial charge in [0.05, 0.1) is 0 Å². The van der Waals surface area contributed by atoms with E-state index in [-0.39, 0.29) is 18.1 Å². The largest absolute Gasteiger partial charge is 0.446 e. The third-order valence-electron chi connectivity index (χ3n) is 15.3. The van der Waals surface area contributed by atoms with Gasteiger partial charge >= 0.3 is 6.09 Å². The number of nitrogens with one attached hydrogen (secondary N) is 2. The minimum absolute atomic E-state index is 0.00601. The zero-order chi connectivity index (χ0) is 38.7. The number of alkyl carbamates (subject to hydrolysis) is 1. The molecule has 9 atom stereocenters. The molecule has 2 amide bonds. The number of ether oxygens (including phenoxy) is 1. The van der Waals surface area contributed by atoms with Crippen LogP contribution in [0.15, 0.2) is 17.3 Å². The first kappa shape index (κ1) is 44.5. The predicted molar refractivity (Wildman–Crippen MR) is 223 cm³/mol. The second kappa shape index (κ2) is 23.8. The first-order valence-electron chi connectivity index (χ1n) is 23.1. The highest BCUT2D eigenvalue weighted by Gasteiger charge is 2.60. The molecule has 8 heteroatoms. The van der Waals surface area contributed by atoms with Crippen LogP contribution in [0.25, 0.3) is 10.4 Å². The molecule has 8 nitrogen and oxygen atoms in total. The first-order valence-corrected chi connectivity index (χ1v) is 23.1. The third-order valence-corrected chi connectivity index (χ3v) is 15.3. The molecule has 0 aromatic rings. The molecule has 308 valence electrons. The first-order chi connectivity index (χ1) is 26.2. The van der Waals surface area contributed by atoms with E-state index in [0.29, 0.717) is 48.6 Å². The number of amides is 2. The Hall–Kier alpha value is -2.21. The predicted octanol–water partition coefficient (Wildman–Crippen LogP) is 13.0. The summed E-state index contributed by atoms with van der Waals surface area (Å²) in [5.41, 5.74) is 9.18. The molecule has 0 aliphatic heterocycles. The van der Waals surface area contributed by atoms with E-state index in [0.717, 1.165) is 62.3 Å². The SMILES string of the molecule is CCCCCCCCC=CCCCCCCCCNC(=O)CC[C@@H](C)[C@H]1CCC2C3CCC4C[C@H](OC(=O)NCCCN=[N+]=[N-])CC[C@]4(C)C3CC[C@@]21C. The second-order valence-corrected chi connectivity index (χ2v) is 18.7. The lowest BCUT2D eigenvalue weighted by Crippen LogP contribution is -2.54. The minimum Gasteiger partial charge on any atom is -0.446 e. The molecule has 4 fully saturated rings. The van der Waals surface area contributed by atoms with Crippen LogP contribution < -0.4 is 10.6 Å². The number of hydrogen-bond acceptors (Lipinski definition) is 4. The number of hydrogen-bond donors (Lipinski definition) is 2. The van der Waals surface area contributed by atoms with Crippen LogP contribution in [0.5, 0.6) is 0 Å². The summed E-state index contributed by atoms with van der Waals surface area (Å²) in [5.74, 6) is 4.62. The molecule has 0 spiro atoms. The quantitative estimate of drug-likeness (QED) is 0.0318. The van der Waals surface area contributed by atoms with Gasteiger partial charge in [0.2, 0.25) is 5.91 Å². The number of azide groups is 1. The Morgan fingerprint density at radius 2 is 1.44 bits per heavy atom.